The molecule has 148 valence electrons. The average Bonchev–Trinajstić information content (AvgIpc) is 2.24. The molecule has 0 fully saturated rings. The number of rotatable bonds is 1. The third-order valence-corrected chi connectivity index (χ3v) is 0.167. The zero-order chi connectivity index (χ0) is 21.3. The number of carboxylic acids is 4. The van der Waals surface area contributed by atoms with Crippen LogP contribution in [0.3, 0.4) is 0 Å². The Hall–Kier alpha value is -0.130. The van der Waals surface area contributed by atoms with Crippen molar-refractivity contribution in [3.8, 4) is 0 Å². The van der Waals surface area contributed by atoms with Gasteiger partial charge in [-0.2, -0.15) is 0 Å². The van der Waals surface area contributed by atoms with E-state index in [-0.39, 0.29) is 59.1 Å². The second-order valence-electron chi connectivity index (χ2n) is 2.86. The van der Waals surface area contributed by atoms with Crippen LogP contribution in [0.2, 0.25) is 0 Å². The summed E-state index contributed by atoms with van der Waals surface area (Å²) in [6.45, 7) is 5.53. The molecule has 0 aromatic heterocycles. The van der Waals surface area contributed by atoms with E-state index in [0.717, 1.165) is 27.7 Å². The first-order valence-corrected chi connectivity index (χ1v) is 6.53. The Morgan fingerprint density at radius 2 is 0.731 bits per heavy atom. The number of carbonyl (C=O) groups is 4. The molecule has 0 aliphatic rings. The maximum absolute atomic E-state index is 9.00. The van der Waals surface area contributed by atoms with Crippen molar-refractivity contribution in [1.82, 2.24) is 0 Å². The summed E-state index contributed by atoms with van der Waals surface area (Å²) in [7, 11) is 0. The number of carboxylic acid groups (broad SMARTS) is 4. The maximum Gasteiger partial charge on any atom is 1.00 e. The quantitative estimate of drug-likeness (QED) is 0.168. The molecule has 0 aliphatic carbocycles. The SMILES string of the molecule is CC(=O)O.CC(=O)O.CC(=O)O.CC(=O)O.NCCN.O=S([O-])[O-].[Na+].[Na+]. The van der Waals surface area contributed by atoms with Crippen LogP contribution in [0.1, 0.15) is 27.7 Å². The van der Waals surface area contributed by atoms with E-state index < -0.39 is 35.2 Å². The van der Waals surface area contributed by atoms with Crippen molar-refractivity contribution < 1.29 is 112 Å². The number of nitrogens with two attached hydrogens (primary N) is 2. The van der Waals surface area contributed by atoms with Gasteiger partial charge in [0, 0.05) is 40.8 Å². The van der Waals surface area contributed by atoms with Crippen LogP contribution in [0, 0.1) is 0 Å². The van der Waals surface area contributed by atoms with Crippen LogP contribution in [0.25, 0.3) is 0 Å². The molecule has 26 heavy (non-hydrogen) atoms. The van der Waals surface area contributed by atoms with Crippen LogP contribution in [-0.4, -0.2) is 70.7 Å². The molecule has 0 radical (unpaired) electrons. The minimum atomic E-state index is -3.11. The van der Waals surface area contributed by atoms with Crippen LogP contribution < -0.4 is 70.6 Å². The molecular formula is C10H24N2Na2O11S. The van der Waals surface area contributed by atoms with Gasteiger partial charge in [-0.25, -0.2) is 0 Å². The monoisotopic (exact) mass is 426 g/mol. The molecule has 0 aliphatic heterocycles. The summed E-state index contributed by atoms with van der Waals surface area (Å²) in [6.07, 6.45) is 0. The van der Waals surface area contributed by atoms with Gasteiger partial charge < -0.3 is 41.0 Å². The van der Waals surface area contributed by atoms with E-state index in [9.17, 15) is 0 Å². The Balaban J connectivity index is -0.0000000245. The Morgan fingerprint density at radius 1 is 0.692 bits per heavy atom. The Morgan fingerprint density at radius 3 is 0.731 bits per heavy atom. The fourth-order valence-electron chi connectivity index (χ4n) is 0. The predicted octanol–water partition coefficient (Wildman–Crippen LogP) is -7.73. The average molecular weight is 426 g/mol. The molecule has 0 aromatic rings. The summed E-state index contributed by atoms with van der Waals surface area (Å²) in [6, 6.07) is 0. The molecule has 13 nitrogen and oxygen atoms in total. The maximum atomic E-state index is 9.00. The summed E-state index contributed by atoms with van der Waals surface area (Å²) >= 11 is -3.11. The van der Waals surface area contributed by atoms with Crippen molar-refractivity contribution in [3.63, 3.8) is 0 Å². The van der Waals surface area contributed by atoms with Crippen molar-refractivity contribution in [2.45, 2.75) is 27.7 Å². The zero-order valence-electron chi connectivity index (χ0n) is 15.6. The Labute approximate surface area is 198 Å². The summed E-state index contributed by atoms with van der Waals surface area (Å²) in [4.78, 5) is 36.0. The number of aliphatic carboxylic acids is 4. The van der Waals surface area contributed by atoms with E-state index in [2.05, 4.69) is 0 Å². The summed E-state index contributed by atoms with van der Waals surface area (Å²) in [5.41, 5.74) is 9.81. The van der Waals surface area contributed by atoms with E-state index in [0.29, 0.717) is 13.1 Å². The molecule has 8 N–H and O–H groups in total. The summed E-state index contributed by atoms with van der Waals surface area (Å²) < 4.78 is 25.3. The van der Waals surface area contributed by atoms with E-state index >= 15 is 0 Å². The molecule has 0 bridgehead atoms. The van der Waals surface area contributed by atoms with Gasteiger partial charge in [0.2, 0.25) is 0 Å². The molecule has 0 aromatic carbocycles. The summed E-state index contributed by atoms with van der Waals surface area (Å²) in [5, 5.41) is 29.7. The number of hydrogen-bond donors (Lipinski definition) is 6. The standard InChI is InChI=1S/C2H8N2.4C2H4O2.2Na.H2O3S/c3-1-2-4;4*1-2(3)4;;;1-4(2)3/h1-4H2;4*1H3,(H,3,4);;;(H2,1,2,3)/q;;;;;2*+1;/p-2. The van der Waals surface area contributed by atoms with E-state index in [4.69, 9.17) is 64.4 Å². The van der Waals surface area contributed by atoms with Crippen LogP contribution in [0.15, 0.2) is 0 Å². The van der Waals surface area contributed by atoms with Crippen molar-refractivity contribution in [2.24, 2.45) is 11.5 Å². The smallest absolute Gasteiger partial charge is 0.784 e. The van der Waals surface area contributed by atoms with E-state index in [1.54, 1.807) is 0 Å². The molecule has 0 amide bonds. The van der Waals surface area contributed by atoms with Gasteiger partial charge in [0.15, 0.2) is 0 Å². The van der Waals surface area contributed by atoms with Gasteiger partial charge in [-0.1, -0.05) is 0 Å². The Bertz CT molecular complexity index is 255. The van der Waals surface area contributed by atoms with Crippen LogP contribution in [0.5, 0.6) is 0 Å². The normalized spacial score (nSPS) is 6.35. The van der Waals surface area contributed by atoms with Crippen LogP contribution in [-0.2, 0) is 30.5 Å². The van der Waals surface area contributed by atoms with Gasteiger partial charge in [-0.05, 0) is 0 Å². The van der Waals surface area contributed by atoms with Gasteiger partial charge in [0.25, 0.3) is 23.9 Å². The largest absolute Gasteiger partial charge is 1.00 e. The second kappa shape index (κ2) is 49.8. The third-order valence-electron chi connectivity index (χ3n) is 0.167. The van der Waals surface area contributed by atoms with Crippen molar-refractivity contribution in [3.05, 3.63) is 0 Å². The second-order valence-corrected chi connectivity index (χ2v) is 3.27. The third kappa shape index (κ3) is 16500. The zero-order valence-corrected chi connectivity index (χ0v) is 20.4. The van der Waals surface area contributed by atoms with Crippen molar-refractivity contribution in [1.29, 1.82) is 0 Å². The van der Waals surface area contributed by atoms with E-state index in [1.165, 1.54) is 0 Å². The molecule has 0 rings (SSSR count). The minimum Gasteiger partial charge on any atom is -0.784 e. The fraction of sp³-hybridized carbons (Fsp3) is 0.600. The van der Waals surface area contributed by atoms with E-state index in [1.807, 2.05) is 0 Å². The van der Waals surface area contributed by atoms with Crippen LogP contribution in [0.4, 0.5) is 0 Å². The summed E-state index contributed by atoms with van der Waals surface area (Å²) in [5.74, 6) is -3.33. The first kappa shape index (κ1) is 50.1. The first-order valence-electron chi connectivity index (χ1n) is 5.53. The van der Waals surface area contributed by atoms with Gasteiger partial charge >= 0.3 is 59.1 Å². The molecule has 0 atom stereocenters. The predicted molar refractivity (Wildman–Crippen MR) is 81.0 cm³/mol. The number of hydrogen-bond acceptors (Lipinski definition) is 9. The van der Waals surface area contributed by atoms with Crippen molar-refractivity contribution >= 4 is 35.2 Å². The molecule has 0 saturated carbocycles. The van der Waals surface area contributed by atoms with Crippen LogP contribution >= 0.6 is 0 Å². The molecular weight excluding hydrogens is 402 g/mol. The Kier molecular flexibility index (Phi) is 96.0. The van der Waals surface area contributed by atoms with Gasteiger partial charge in [0.05, 0.1) is 0 Å². The van der Waals surface area contributed by atoms with Gasteiger partial charge in [0.1, 0.15) is 0 Å². The minimum absolute atomic E-state index is 0. The van der Waals surface area contributed by atoms with Gasteiger partial charge in [-0.3, -0.25) is 23.4 Å². The molecule has 0 heterocycles. The first-order chi connectivity index (χ1) is 10.6. The molecule has 0 unspecified atom stereocenters. The molecule has 0 spiro atoms. The molecule has 0 saturated heterocycles. The van der Waals surface area contributed by atoms with Gasteiger partial charge in [-0.15, -0.1) is 11.4 Å². The topological polar surface area (TPSA) is 264 Å². The molecule has 16 heteroatoms. The fourth-order valence-corrected chi connectivity index (χ4v) is 0. The van der Waals surface area contributed by atoms with Crippen molar-refractivity contribution in [2.75, 3.05) is 13.1 Å².